The van der Waals surface area contributed by atoms with E-state index in [4.69, 9.17) is 9.47 Å². The van der Waals surface area contributed by atoms with Crippen LogP contribution in [0, 0.1) is 0 Å². The minimum atomic E-state index is -2.35. The molecule has 5 unspecified atom stereocenters. The molecule has 1 fully saturated rings. The van der Waals surface area contributed by atoms with Crippen LogP contribution in [-0.4, -0.2) is 91.8 Å². The zero-order chi connectivity index (χ0) is 49.2. The molecule has 1 amide bonds. The van der Waals surface area contributed by atoms with Gasteiger partial charge in [-0.25, -0.2) is 0 Å². The van der Waals surface area contributed by atoms with Gasteiger partial charge in [-0.15, -0.1) is 0 Å². The molecule has 67 heavy (non-hydrogen) atoms. The normalized spacial score (nSPS) is 23.3. The topological polar surface area (TPSA) is 217 Å². The number of ether oxygens (including phenoxy) is 2. The number of carbonyl (C=O) groups excluding carboxylic acids is 5. The van der Waals surface area contributed by atoms with Gasteiger partial charge in [0, 0.05) is 53.5 Å². The van der Waals surface area contributed by atoms with Crippen LogP contribution in [0.1, 0.15) is 185 Å². The Morgan fingerprint density at radius 3 is 1.94 bits per heavy atom. The van der Waals surface area contributed by atoms with E-state index >= 15 is 0 Å². The van der Waals surface area contributed by atoms with Crippen LogP contribution in [0.4, 0.5) is 0 Å². The van der Waals surface area contributed by atoms with Crippen LogP contribution < -0.4 is 5.32 Å². The monoisotopic (exact) mass is 923 g/mol. The molecular formula is C54H69NO12. The number of aldehydes is 1. The van der Waals surface area contributed by atoms with Crippen molar-refractivity contribution in [2.24, 2.45) is 0 Å². The van der Waals surface area contributed by atoms with Crippen LogP contribution in [0.2, 0.25) is 0 Å². The lowest BCUT2D eigenvalue weighted by atomic mass is 9.71. The Morgan fingerprint density at radius 1 is 0.791 bits per heavy atom. The second kappa shape index (κ2) is 23.6. The maximum Gasteiger partial charge on any atom is 0.220 e. The highest BCUT2D eigenvalue weighted by Crippen LogP contribution is 2.52. The van der Waals surface area contributed by atoms with E-state index in [1.807, 2.05) is 6.92 Å². The van der Waals surface area contributed by atoms with Gasteiger partial charge in [0.15, 0.2) is 29.9 Å². The van der Waals surface area contributed by atoms with Crippen molar-refractivity contribution < 1.29 is 59.0 Å². The Balaban J connectivity index is 1.18. The second-order valence-corrected chi connectivity index (χ2v) is 18.9. The number of aliphatic hydroxyl groups excluding tert-OH is 2. The molecule has 6 atom stereocenters. The molecule has 5 rings (SSSR count). The second-order valence-electron chi connectivity index (χ2n) is 18.9. The summed E-state index contributed by atoms with van der Waals surface area (Å²) in [5, 5.41) is 58.8. The number of benzene rings is 2. The highest BCUT2D eigenvalue weighted by atomic mass is 16.7. The highest BCUT2D eigenvalue weighted by Gasteiger charge is 2.50. The van der Waals surface area contributed by atoms with E-state index < -0.39 is 95.7 Å². The summed E-state index contributed by atoms with van der Waals surface area (Å²) in [4.78, 5) is 65.9. The Kier molecular flexibility index (Phi) is 18.6. The third kappa shape index (κ3) is 13.0. The number of Topliss-reactive ketones (excluding diaryl/α,β-unsaturated/α-hetero) is 1. The summed E-state index contributed by atoms with van der Waals surface area (Å²) in [7, 11) is 0. The molecule has 362 valence electrons. The largest absolute Gasteiger partial charge is 0.507 e. The number of hydrogen-bond donors (Lipinski definition) is 6. The standard InChI is InChI=1S/C54H69NO12/c1-31(2)14-10-17-34(5)20-11-18-32(3)15-8-9-16-33(4)19-12-21-35(6)24-25-43(59)55-40-26-44(66-36(7)49(40)60)67-41-28-54(65,42(58)30-57)27-39-46(41)53(64)48-47(51(39)62)50(61)38-23-13-22-37(29-56)45(38)52(48)63/h13-16,20-23,29,36,40-41,44,49,57,60,62,64-65H,8-12,17-19,24-28,30H2,1-7H3,(H,55,59)/b32-15+,33-16?,34-20+,35-21?/t36?,40?,41?,44?,49?,54-/m0/s1. The van der Waals surface area contributed by atoms with Crippen molar-refractivity contribution in [3.05, 3.63) is 115 Å². The molecule has 1 aliphatic heterocycles. The van der Waals surface area contributed by atoms with Gasteiger partial charge in [-0.1, -0.05) is 76.4 Å². The summed E-state index contributed by atoms with van der Waals surface area (Å²) < 4.78 is 12.3. The first-order chi connectivity index (χ1) is 31.8. The molecule has 0 aromatic heterocycles. The lowest BCUT2D eigenvalue weighted by Crippen LogP contribution is -2.55. The first kappa shape index (κ1) is 52.7. The van der Waals surface area contributed by atoms with Gasteiger partial charge in [0.05, 0.1) is 29.4 Å². The van der Waals surface area contributed by atoms with Crippen LogP contribution in [0.5, 0.6) is 11.5 Å². The number of hydrogen-bond acceptors (Lipinski definition) is 12. The molecule has 2 aliphatic carbocycles. The molecular weight excluding hydrogens is 855 g/mol. The molecule has 2 aromatic rings. The maximum absolute atomic E-state index is 13.9. The fraction of sp³-hybridized carbons (Fsp3) is 0.500. The number of aliphatic hydroxyl groups is 3. The van der Waals surface area contributed by atoms with E-state index in [2.05, 4.69) is 70.3 Å². The van der Waals surface area contributed by atoms with E-state index in [0.29, 0.717) is 12.7 Å². The van der Waals surface area contributed by atoms with Crippen LogP contribution in [0.15, 0.2) is 76.4 Å². The summed E-state index contributed by atoms with van der Waals surface area (Å²) in [6, 6.07) is 3.18. The smallest absolute Gasteiger partial charge is 0.220 e. The van der Waals surface area contributed by atoms with Gasteiger partial charge in [0.1, 0.15) is 29.8 Å². The number of fused-ring (bicyclic) bond motifs is 3. The fourth-order valence-electron chi connectivity index (χ4n) is 9.18. The number of phenolic OH excluding ortho intramolecular Hbond substituents is 2. The van der Waals surface area contributed by atoms with E-state index in [-0.39, 0.29) is 46.6 Å². The van der Waals surface area contributed by atoms with Crippen LogP contribution in [-0.2, 0) is 25.5 Å². The SMILES string of the molecule is CC(C)=CCC/C(C)=C/CC/C(C)=C/CCC=C(C)CCC=C(C)CCC(=O)NC1CC(OC2C[C@](O)(C(=O)CO)Cc3c(O)c4c(c(O)c32)C(=O)c2c(C=O)cccc2C4=O)OC(C)C1O. The van der Waals surface area contributed by atoms with Crippen LogP contribution >= 0.6 is 0 Å². The summed E-state index contributed by atoms with van der Waals surface area (Å²) in [6.45, 7) is 13.3. The van der Waals surface area contributed by atoms with Crippen molar-refractivity contribution in [3.8, 4) is 11.5 Å². The molecule has 0 spiro atoms. The van der Waals surface area contributed by atoms with Crippen LogP contribution in [0.25, 0.3) is 0 Å². The summed E-state index contributed by atoms with van der Waals surface area (Å²) in [5.41, 5.74) is 2.12. The van der Waals surface area contributed by atoms with Crippen LogP contribution in [0.3, 0.4) is 0 Å². The van der Waals surface area contributed by atoms with Gasteiger partial charge in [0.2, 0.25) is 5.91 Å². The quantitative estimate of drug-likeness (QED) is 0.0256. The Labute approximate surface area is 394 Å². The predicted octanol–water partition coefficient (Wildman–Crippen LogP) is 8.62. The molecule has 1 saturated heterocycles. The Bertz CT molecular complexity index is 2360. The fourth-order valence-corrected chi connectivity index (χ4v) is 9.18. The van der Waals surface area contributed by atoms with E-state index in [0.717, 1.165) is 56.9 Å². The number of carbonyl (C=O) groups is 5. The minimum Gasteiger partial charge on any atom is -0.507 e. The molecule has 0 bridgehead atoms. The number of amides is 1. The van der Waals surface area contributed by atoms with Crippen molar-refractivity contribution in [2.75, 3.05) is 6.61 Å². The van der Waals surface area contributed by atoms with E-state index in [1.54, 1.807) is 6.92 Å². The Hall–Kier alpha value is -5.31. The van der Waals surface area contributed by atoms with Gasteiger partial charge >= 0.3 is 0 Å². The van der Waals surface area contributed by atoms with Crippen molar-refractivity contribution in [2.45, 2.75) is 168 Å². The van der Waals surface area contributed by atoms with Gasteiger partial charge in [-0.05, 0) is 106 Å². The van der Waals surface area contributed by atoms with Crippen molar-refractivity contribution in [1.29, 1.82) is 0 Å². The molecule has 0 saturated carbocycles. The molecule has 0 radical (unpaired) electrons. The molecule has 13 nitrogen and oxygen atoms in total. The summed E-state index contributed by atoms with van der Waals surface area (Å²) in [6.07, 6.45) is 14.5. The molecule has 13 heteroatoms. The van der Waals surface area contributed by atoms with Crippen molar-refractivity contribution >= 4 is 29.5 Å². The van der Waals surface area contributed by atoms with Gasteiger partial charge in [-0.2, -0.15) is 0 Å². The van der Waals surface area contributed by atoms with E-state index in [9.17, 15) is 49.5 Å². The Morgan fingerprint density at radius 2 is 1.36 bits per heavy atom. The molecule has 1 heterocycles. The number of nitrogens with one attached hydrogen (secondary N) is 1. The average Bonchev–Trinajstić information content (AvgIpc) is 3.28. The zero-order valence-electron chi connectivity index (χ0n) is 40.1. The molecule has 3 aliphatic rings. The number of rotatable bonds is 21. The van der Waals surface area contributed by atoms with Gasteiger partial charge in [0.25, 0.3) is 0 Å². The summed E-state index contributed by atoms with van der Waals surface area (Å²) >= 11 is 0. The van der Waals surface area contributed by atoms with Gasteiger partial charge < -0.3 is 40.3 Å². The lowest BCUT2D eigenvalue weighted by molar-refractivity contribution is -0.249. The first-order valence-electron chi connectivity index (χ1n) is 23.5. The third-order valence-electron chi connectivity index (χ3n) is 13.1. The number of phenols is 2. The number of unbranched alkanes of at least 4 members (excludes halogenated alkanes) is 1. The van der Waals surface area contributed by atoms with Crippen molar-refractivity contribution in [1.82, 2.24) is 5.32 Å². The van der Waals surface area contributed by atoms with Crippen molar-refractivity contribution in [3.63, 3.8) is 0 Å². The predicted molar refractivity (Wildman–Crippen MR) is 255 cm³/mol. The third-order valence-corrected chi connectivity index (χ3v) is 13.1. The average molecular weight is 924 g/mol. The first-order valence-corrected chi connectivity index (χ1v) is 23.5. The summed E-state index contributed by atoms with van der Waals surface area (Å²) in [5.74, 6) is -4.64. The number of allylic oxidation sites excluding steroid dienone is 10. The lowest BCUT2D eigenvalue weighted by Gasteiger charge is -2.43. The number of ketones is 3. The minimum absolute atomic E-state index is 0.102. The van der Waals surface area contributed by atoms with Gasteiger partial charge in [-0.3, -0.25) is 24.0 Å². The maximum atomic E-state index is 13.9. The van der Waals surface area contributed by atoms with E-state index in [1.165, 1.54) is 40.5 Å². The highest BCUT2D eigenvalue weighted by molar-refractivity contribution is 6.32. The molecule has 2 aromatic carbocycles. The number of aromatic hydroxyl groups is 2. The molecule has 6 N–H and O–H groups in total. The zero-order valence-corrected chi connectivity index (χ0v) is 40.1.